The van der Waals surface area contributed by atoms with Crippen molar-refractivity contribution >= 4 is 29.3 Å². The number of rotatable bonds is 4. The molecule has 1 amide bonds. The quantitative estimate of drug-likeness (QED) is 0.844. The van der Waals surface area contributed by atoms with Crippen molar-refractivity contribution in [3.63, 3.8) is 0 Å². The van der Waals surface area contributed by atoms with Gasteiger partial charge in [-0.25, -0.2) is 4.79 Å². The third-order valence-corrected chi connectivity index (χ3v) is 4.58. The van der Waals surface area contributed by atoms with Crippen LogP contribution in [0.3, 0.4) is 0 Å². The third kappa shape index (κ3) is 6.15. The van der Waals surface area contributed by atoms with Crippen LogP contribution in [0.1, 0.15) is 39.2 Å². The van der Waals surface area contributed by atoms with Crippen molar-refractivity contribution in [2.75, 3.05) is 19.6 Å². The first kappa shape index (κ1) is 19.4. The van der Waals surface area contributed by atoms with Gasteiger partial charge in [0, 0.05) is 29.2 Å². The minimum absolute atomic E-state index is 0.214. The SMILES string of the molecule is CC(C)(C)OC(=O)N1CCC(NCCc2ccc(Cl)cc2Cl)CC1. The second-order valence-corrected chi connectivity index (χ2v) is 8.03. The van der Waals surface area contributed by atoms with Gasteiger partial charge in [0.1, 0.15) is 5.60 Å². The molecule has 0 unspecified atom stereocenters. The first-order valence-corrected chi connectivity index (χ1v) is 9.15. The highest BCUT2D eigenvalue weighted by Gasteiger charge is 2.26. The zero-order chi connectivity index (χ0) is 17.7. The summed E-state index contributed by atoms with van der Waals surface area (Å²) in [5.74, 6) is 0. The van der Waals surface area contributed by atoms with Crippen LogP contribution in [0.25, 0.3) is 0 Å². The molecule has 0 saturated carbocycles. The average Bonchev–Trinajstić information content (AvgIpc) is 2.48. The largest absolute Gasteiger partial charge is 0.444 e. The molecule has 4 nitrogen and oxygen atoms in total. The van der Waals surface area contributed by atoms with Crippen molar-refractivity contribution in [2.45, 2.75) is 51.7 Å². The van der Waals surface area contributed by atoms with E-state index in [-0.39, 0.29) is 6.09 Å². The fraction of sp³-hybridized carbons (Fsp3) is 0.611. The molecule has 0 aromatic heterocycles. The Balaban J connectivity index is 1.70. The van der Waals surface area contributed by atoms with Crippen LogP contribution < -0.4 is 5.32 Å². The van der Waals surface area contributed by atoms with Crippen molar-refractivity contribution in [1.82, 2.24) is 10.2 Å². The fourth-order valence-electron chi connectivity index (χ4n) is 2.73. The number of nitrogens with one attached hydrogen (secondary N) is 1. The summed E-state index contributed by atoms with van der Waals surface area (Å²) in [4.78, 5) is 13.8. The number of nitrogens with zero attached hydrogens (tertiary/aromatic N) is 1. The number of hydrogen-bond donors (Lipinski definition) is 1. The predicted octanol–water partition coefficient (Wildman–Crippen LogP) is 4.53. The zero-order valence-electron chi connectivity index (χ0n) is 14.6. The highest BCUT2D eigenvalue weighted by molar-refractivity contribution is 6.35. The number of piperidine rings is 1. The van der Waals surface area contributed by atoms with Gasteiger partial charge in [0.2, 0.25) is 0 Å². The maximum absolute atomic E-state index is 12.0. The Morgan fingerprint density at radius 1 is 1.29 bits per heavy atom. The van der Waals surface area contributed by atoms with Gasteiger partial charge in [0.25, 0.3) is 0 Å². The summed E-state index contributed by atoms with van der Waals surface area (Å²) < 4.78 is 5.42. The van der Waals surface area contributed by atoms with Gasteiger partial charge in [-0.05, 0) is 64.3 Å². The van der Waals surface area contributed by atoms with E-state index in [1.54, 1.807) is 11.0 Å². The summed E-state index contributed by atoms with van der Waals surface area (Å²) in [5, 5.41) is 4.92. The van der Waals surface area contributed by atoms with Gasteiger partial charge in [0.15, 0.2) is 0 Å². The van der Waals surface area contributed by atoms with E-state index < -0.39 is 5.60 Å². The minimum atomic E-state index is -0.440. The molecule has 6 heteroatoms. The van der Waals surface area contributed by atoms with E-state index in [2.05, 4.69) is 5.32 Å². The molecule has 1 aliphatic heterocycles. The first-order chi connectivity index (χ1) is 11.2. The van der Waals surface area contributed by atoms with Gasteiger partial charge in [-0.1, -0.05) is 29.3 Å². The van der Waals surface area contributed by atoms with Crippen LogP contribution in [0.4, 0.5) is 4.79 Å². The summed E-state index contributed by atoms with van der Waals surface area (Å²) >= 11 is 12.1. The van der Waals surface area contributed by atoms with E-state index in [1.165, 1.54) is 0 Å². The lowest BCUT2D eigenvalue weighted by molar-refractivity contribution is 0.0198. The number of carbonyl (C=O) groups excluding carboxylic acids is 1. The lowest BCUT2D eigenvalue weighted by atomic mass is 10.0. The molecule has 1 heterocycles. The minimum Gasteiger partial charge on any atom is -0.444 e. The van der Waals surface area contributed by atoms with Crippen LogP contribution in [0, 0.1) is 0 Å². The number of likely N-dealkylation sites (tertiary alicyclic amines) is 1. The lowest BCUT2D eigenvalue weighted by Crippen LogP contribution is -2.46. The van der Waals surface area contributed by atoms with Crippen molar-refractivity contribution in [2.24, 2.45) is 0 Å². The molecule has 0 atom stereocenters. The number of carbonyl (C=O) groups is 1. The Bertz CT molecular complexity index is 565. The standard InChI is InChI=1S/C18H26Cl2N2O2/c1-18(2,3)24-17(23)22-10-7-15(8-11-22)21-9-6-13-4-5-14(19)12-16(13)20/h4-5,12,15,21H,6-11H2,1-3H3. The summed E-state index contributed by atoms with van der Waals surface area (Å²) in [6.45, 7) is 7.99. The first-order valence-electron chi connectivity index (χ1n) is 8.40. The van der Waals surface area contributed by atoms with Crippen LogP contribution in [-0.4, -0.2) is 42.3 Å². The van der Waals surface area contributed by atoms with Crippen molar-refractivity contribution in [3.8, 4) is 0 Å². The molecule has 0 spiro atoms. The van der Waals surface area contributed by atoms with E-state index in [9.17, 15) is 4.79 Å². The second kappa shape index (κ2) is 8.41. The van der Waals surface area contributed by atoms with Crippen LogP contribution in [0.2, 0.25) is 10.0 Å². The molecule has 0 bridgehead atoms. The van der Waals surface area contributed by atoms with E-state index in [0.29, 0.717) is 16.1 Å². The zero-order valence-corrected chi connectivity index (χ0v) is 16.1. The molecule has 1 aromatic carbocycles. The molecular weight excluding hydrogens is 347 g/mol. The molecule has 0 aliphatic carbocycles. The smallest absolute Gasteiger partial charge is 0.410 e. The molecule has 24 heavy (non-hydrogen) atoms. The van der Waals surface area contributed by atoms with Gasteiger partial charge >= 0.3 is 6.09 Å². The summed E-state index contributed by atoms with van der Waals surface area (Å²) in [6, 6.07) is 6.03. The Kier molecular flexibility index (Phi) is 6.79. The fourth-order valence-corrected chi connectivity index (χ4v) is 3.23. The second-order valence-electron chi connectivity index (χ2n) is 7.18. The van der Waals surface area contributed by atoms with E-state index in [0.717, 1.165) is 44.5 Å². The van der Waals surface area contributed by atoms with Crippen molar-refractivity contribution in [1.29, 1.82) is 0 Å². The monoisotopic (exact) mass is 372 g/mol. The highest BCUT2D eigenvalue weighted by Crippen LogP contribution is 2.21. The van der Waals surface area contributed by atoms with E-state index in [1.807, 2.05) is 32.9 Å². The van der Waals surface area contributed by atoms with Crippen molar-refractivity contribution in [3.05, 3.63) is 33.8 Å². The summed E-state index contributed by atoms with van der Waals surface area (Å²) in [7, 11) is 0. The van der Waals surface area contributed by atoms with Crippen molar-refractivity contribution < 1.29 is 9.53 Å². The average molecular weight is 373 g/mol. The topological polar surface area (TPSA) is 41.6 Å². The Morgan fingerprint density at radius 3 is 2.54 bits per heavy atom. The van der Waals surface area contributed by atoms with Crippen LogP contribution in [0.15, 0.2) is 18.2 Å². The molecule has 0 radical (unpaired) electrons. The molecule has 1 aliphatic rings. The van der Waals surface area contributed by atoms with Crippen LogP contribution in [0.5, 0.6) is 0 Å². The number of ether oxygens (including phenoxy) is 1. The Labute approximate surface area is 154 Å². The number of amides is 1. The molecular formula is C18H26Cl2N2O2. The summed E-state index contributed by atoms with van der Waals surface area (Å²) in [6.07, 6.45) is 2.53. The van der Waals surface area contributed by atoms with Crippen LogP contribution >= 0.6 is 23.2 Å². The lowest BCUT2D eigenvalue weighted by Gasteiger charge is -2.33. The maximum atomic E-state index is 12.0. The number of hydrogen-bond acceptors (Lipinski definition) is 3. The maximum Gasteiger partial charge on any atom is 0.410 e. The van der Waals surface area contributed by atoms with Gasteiger partial charge in [-0.15, -0.1) is 0 Å². The molecule has 134 valence electrons. The Hall–Kier alpha value is -0.970. The normalized spacial score (nSPS) is 16.3. The summed E-state index contributed by atoms with van der Waals surface area (Å²) in [5.41, 5.74) is 0.657. The van der Waals surface area contributed by atoms with Gasteiger partial charge in [-0.2, -0.15) is 0 Å². The third-order valence-electron chi connectivity index (χ3n) is 3.99. The number of benzene rings is 1. The Morgan fingerprint density at radius 2 is 1.96 bits per heavy atom. The molecule has 2 rings (SSSR count). The van der Waals surface area contributed by atoms with E-state index in [4.69, 9.17) is 27.9 Å². The molecule has 1 saturated heterocycles. The van der Waals surface area contributed by atoms with Gasteiger partial charge in [-0.3, -0.25) is 0 Å². The highest BCUT2D eigenvalue weighted by atomic mass is 35.5. The van der Waals surface area contributed by atoms with Gasteiger partial charge < -0.3 is 15.0 Å². The predicted molar refractivity (Wildman–Crippen MR) is 99.0 cm³/mol. The van der Waals surface area contributed by atoms with Crippen LogP contribution in [-0.2, 0) is 11.2 Å². The van der Waals surface area contributed by atoms with Gasteiger partial charge in [0.05, 0.1) is 0 Å². The number of halogens is 2. The molecule has 1 aromatic rings. The molecule has 1 N–H and O–H groups in total. The molecule has 1 fully saturated rings. The van der Waals surface area contributed by atoms with E-state index >= 15 is 0 Å².